The quantitative estimate of drug-likeness (QED) is 0.440. The van der Waals surface area contributed by atoms with Crippen LogP contribution in [0.15, 0.2) is 53.8 Å². The third-order valence-electron chi connectivity index (χ3n) is 5.57. The number of benzene rings is 1. The molecule has 1 aromatic rings. The fourth-order valence-electron chi connectivity index (χ4n) is 4.17. The van der Waals surface area contributed by atoms with Crippen molar-refractivity contribution in [3.63, 3.8) is 0 Å². The summed E-state index contributed by atoms with van der Waals surface area (Å²) in [5.74, 6) is 2.25. The van der Waals surface area contributed by atoms with Crippen LogP contribution in [0.4, 0.5) is 0 Å². The maximum absolute atomic E-state index is 11.3. The van der Waals surface area contributed by atoms with Gasteiger partial charge in [0.1, 0.15) is 0 Å². The van der Waals surface area contributed by atoms with Gasteiger partial charge in [0.05, 0.1) is 0 Å². The lowest BCUT2D eigenvalue weighted by Gasteiger charge is -2.40. The molecule has 1 heterocycles. The van der Waals surface area contributed by atoms with E-state index < -0.39 is 0 Å². The molecule has 30 heavy (non-hydrogen) atoms. The van der Waals surface area contributed by atoms with E-state index in [4.69, 9.17) is 5.73 Å². The van der Waals surface area contributed by atoms with Crippen LogP contribution in [0.2, 0.25) is 0 Å². The third-order valence-corrected chi connectivity index (χ3v) is 6.40. The lowest BCUT2D eigenvalue weighted by molar-refractivity contribution is 0.285. The molecule has 3 nitrogen and oxygen atoms in total. The number of nitrogens with one attached hydrogen (secondary N) is 1. The van der Waals surface area contributed by atoms with Crippen molar-refractivity contribution in [2.75, 3.05) is 13.1 Å². The highest BCUT2D eigenvalue weighted by Gasteiger charge is 2.36. The van der Waals surface area contributed by atoms with Crippen molar-refractivity contribution in [1.82, 2.24) is 5.32 Å². The van der Waals surface area contributed by atoms with Gasteiger partial charge in [0, 0.05) is 10.9 Å². The molecule has 1 unspecified atom stereocenters. The fourth-order valence-corrected chi connectivity index (χ4v) is 5.02. The van der Waals surface area contributed by atoms with E-state index in [0.29, 0.717) is 0 Å². The van der Waals surface area contributed by atoms with Crippen molar-refractivity contribution < 1.29 is 4.79 Å². The second-order valence-corrected chi connectivity index (χ2v) is 8.57. The first-order valence-electron chi connectivity index (χ1n) is 11.0. The second-order valence-electron chi connectivity index (χ2n) is 7.44. The SMILES string of the molecule is C#CC.CC.NC1=C(CC(CC2(c3ccccc3)CCNCC2)SC=O)C=CCC1. The summed E-state index contributed by atoms with van der Waals surface area (Å²) in [6, 6.07) is 10.8. The maximum atomic E-state index is 11.3. The van der Waals surface area contributed by atoms with Crippen LogP contribution in [0, 0.1) is 12.3 Å². The average molecular weight is 427 g/mol. The van der Waals surface area contributed by atoms with E-state index in [2.05, 4.69) is 60.1 Å². The number of hydrogen-bond acceptors (Lipinski definition) is 4. The van der Waals surface area contributed by atoms with Gasteiger partial charge in [-0.1, -0.05) is 68.1 Å². The van der Waals surface area contributed by atoms with Crippen molar-refractivity contribution in [3.05, 3.63) is 59.3 Å². The summed E-state index contributed by atoms with van der Waals surface area (Å²) >= 11 is 1.43. The Labute approximate surface area is 188 Å². The highest BCUT2D eigenvalue weighted by Crippen LogP contribution is 2.41. The molecule has 0 radical (unpaired) electrons. The van der Waals surface area contributed by atoms with Crippen LogP contribution in [0.3, 0.4) is 0 Å². The molecule has 2 aliphatic rings. The molecule has 3 N–H and O–H groups in total. The minimum atomic E-state index is 0.154. The molecule has 0 spiro atoms. The van der Waals surface area contributed by atoms with Crippen LogP contribution < -0.4 is 11.1 Å². The lowest BCUT2D eigenvalue weighted by atomic mass is 9.69. The Balaban J connectivity index is 0.000000826. The third kappa shape index (κ3) is 8.05. The molecule has 1 aliphatic heterocycles. The van der Waals surface area contributed by atoms with Gasteiger partial charge in [-0.15, -0.1) is 12.3 Å². The Morgan fingerprint density at radius 2 is 1.90 bits per heavy atom. The zero-order chi connectivity index (χ0) is 22.2. The van der Waals surface area contributed by atoms with Crippen LogP contribution >= 0.6 is 11.8 Å². The molecular weight excluding hydrogens is 388 g/mol. The van der Waals surface area contributed by atoms with E-state index in [1.54, 1.807) is 6.92 Å². The Hall–Kier alpha value is -1.96. The largest absolute Gasteiger partial charge is 0.402 e. The number of allylic oxidation sites excluding steroid dienone is 4. The molecule has 0 bridgehead atoms. The summed E-state index contributed by atoms with van der Waals surface area (Å²) in [6.07, 6.45) is 15.1. The van der Waals surface area contributed by atoms with Crippen molar-refractivity contribution in [1.29, 1.82) is 0 Å². The van der Waals surface area contributed by atoms with Crippen LogP contribution in [0.25, 0.3) is 0 Å². The highest BCUT2D eigenvalue weighted by atomic mass is 32.2. The lowest BCUT2D eigenvalue weighted by Crippen LogP contribution is -2.41. The van der Waals surface area contributed by atoms with Crippen LogP contribution in [0.1, 0.15) is 64.9 Å². The number of piperidine rings is 1. The molecule has 0 aromatic heterocycles. The van der Waals surface area contributed by atoms with Crippen LogP contribution in [-0.2, 0) is 10.2 Å². The topological polar surface area (TPSA) is 55.1 Å². The summed E-state index contributed by atoms with van der Waals surface area (Å²) in [6.45, 7) is 7.73. The standard InChI is InChI=1S/C21H28N2OS.C3H4.C2H6/c22-20-9-5-4-6-17(20)14-19(25-16-24)15-21(10-12-23-13-11-21)18-7-2-1-3-8-18;1-3-2;1-2/h1-4,6-8,16,19,23H,5,9-15,22H2;1H,2H3;1-2H3. The van der Waals surface area contributed by atoms with Crippen molar-refractivity contribution in [2.45, 2.75) is 70.0 Å². The molecule has 1 saturated heterocycles. The zero-order valence-electron chi connectivity index (χ0n) is 18.8. The Kier molecular flexibility index (Phi) is 13.0. The predicted molar refractivity (Wildman–Crippen MR) is 133 cm³/mol. The van der Waals surface area contributed by atoms with Gasteiger partial charge < -0.3 is 11.1 Å². The molecule has 4 heteroatoms. The number of thioether (sulfide) groups is 1. The van der Waals surface area contributed by atoms with Gasteiger partial charge in [0.2, 0.25) is 0 Å². The first-order valence-corrected chi connectivity index (χ1v) is 12.0. The molecule has 0 saturated carbocycles. The van der Waals surface area contributed by atoms with Crippen LogP contribution in [0.5, 0.6) is 0 Å². The minimum absolute atomic E-state index is 0.154. The monoisotopic (exact) mass is 426 g/mol. The molecule has 164 valence electrons. The molecule has 0 amide bonds. The van der Waals surface area contributed by atoms with Crippen molar-refractivity contribution >= 4 is 17.4 Å². The first kappa shape index (κ1) is 26.1. The molecule has 1 atom stereocenters. The van der Waals surface area contributed by atoms with E-state index in [-0.39, 0.29) is 10.7 Å². The number of hydrogen-bond donors (Lipinski definition) is 2. The van der Waals surface area contributed by atoms with Gasteiger partial charge >= 0.3 is 0 Å². The van der Waals surface area contributed by atoms with E-state index >= 15 is 0 Å². The molecule has 1 aliphatic carbocycles. The minimum Gasteiger partial charge on any atom is -0.402 e. The summed E-state index contributed by atoms with van der Waals surface area (Å²) < 4.78 is 0. The van der Waals surface area contributed by atoms with Gasteiger partial charge in [0.15, 0.2) is 5.62 Å². The number of nitrogens with two attached hydrogens (primary N) is 1. The van der Waals surface area contributed by atoms with Gasteiger partial charge in [-0.2, -0.15) is 0 Å². The molecule has 3 rings (SSSR count). The number of rotatable bonds is 7. The van der Waals surface area contributed by atoms with E-state index in [0.717, 1.165) is 62.9 Å². The molecule has 1 fully saturated rings. The summed E-state index contributed by atoms with van der Waals surface area (Å²) in [5.41, 5.74) is 11.0. The van der Waals surface area contributed by atoms with Gasteiger partial charge in [0.25, 0.3) is 0 Å². The number of carbonyl (C=O) groups is 1. The summed E-state index contributed by atoms with van der Waals surface area (Å²) in [5, 5.41) is 3.76. The van der Waals surface area contributed by atoms with Crippen LogP contribution in [-0.4, -0.2) is 24.0 Å². The molecular formula is C26H38N2OS. The summed E-state index contributed by atoms with van der Waals surface area (Å²) in [7, 11) is 0. The average Bonchev–Trinajstić information content (AvgIpc) is 2.79. The van der Waals surface area contributed by atoms with Crippen molar-refractivity contribution in [3.8, 4) is 12.3 Å². The number of terminal acetylenes is 1. The normalized spacial score (nSPS) is 18.1. The second kappa shape index (κ2) is 14.9. The van der Waals surface area contributed by atoms with Crippen molar-refractivity contribution in [2.24, 2.45) is 5.73 Å². The number of carbonyl (C=O) groups excluding carboxylic acids is 1. The van der Waals surface area contributed by atoms with E-state index in [1.165, 1.54) is 22.9 Å². The fraction of sp³-hybridized carbons (Fsp3) is 0.500. The zero-order valence-corrected chi connectivity index (χ0v) is 19.6. The Morgan fingerprint density at radius 1 is 1.27 bits per heavy atom. The van der Waals surface area contributed by atoms with Gasteiger partial charge in [-0.05, 0) is 75.1 Å². The Bertz CT molecular complexity index is 712. The smallest absolute Gasteiger partial charge is 0.176 e. The first-order chi connectivity index (χ1) is 14.6. The summed E-state index contributed by atoms with van der Waals surface area (Å²) in [4.78, 5) is 11.3. The maximum Gasteiger partial charge on any atom is 0.176 e. The molecule has 1 aromatic carbocycles. The van der Waals surface area contributed by atoms with Gasteiger partial charge in [-0.25, -0.2) is 0 Å². The highest BCUT2D eigenvalue weighted by molar-refractivity contribution is 8.12. The van der Waals surface area contributed by atoms with E-state index in [9.17, 15) is 4.79 Å². The van der Waals surface area contributed by atoms with Gasteiger partial charge in [-0.3, -0.25) is 4.79 Å². The predicted octanol–water partition coefficient (Wildman–Crippen LogP) is 5.61. The van der Waals surface area contributed by atoms with E-state index in [1.807, 2.05) is 13.8 Å². The Morgan fingerprint density at radius 3 is 2.47 bits per heavy atom.